The summed E-state index contributed by atoms with van der Waals surface area (Å²) in [5, 5.41) is 31.3. The number of H-pyrrole nitrogens is 2. The van der Waals surface area contributed by atoms with E-state index < -0.39 is 11.8 Å². The molecule has 0 spiro atoms. The number of para-hydroxylation sites is 2. The van der Waals surface area contributed by atoms with Crippen LogP contribution in [0.4, 0.5) is 0 Å². The van der Waals surface area contributed by atoms with Crippen molar-refractivity contribution in [3.63, 3.8) is 0 Å². The number of aliphatic hydroxyl groups is 1. The Morgan fingerprint density at radius 2 is 1.76 bits per heavy atom. The van der Waals surface area contributed by atoms with Crippen molar-refractivity contribution in [1.29, 1.82) is 0 Å². The molecule has 0 saturated heterocycles. The maximum Gasteiger partial charge on any atom is 0.346 e. The average Bonchev–Trinajstić information content (AvgIpc) is 3.52. The van der Waals surface area contributed by atoms with Crippen LogP contribution in [0.1, 0.15) is 30.5 Å². The van der Waals surface area contributed by atoms with E-state index in [-0.39, 0.29) is 27.7 Å². The smallest absolute Gasteiger partial charge is 0.346 e. The number of aromatic hydroxyl groups is 1. The van der Waals surface area contributed by atoms with Crippen molar-refractivity contribution in [2.24, 2.45) is 0 Å². The zero-order valence-electron chi connectivity index (χ0n) is 17.1. The minimum absolute atomic E-state index is 0.0371. The van der Waals surface area contributed by atoms with Gasteiger partial charge in [0.05, 0.1) is 17.7 Å². The fraction of sp³-hybridized carbons (Fsp3) is 0.0400. The Labute approximate surface area is 191 Å². The van der Waals surface area contributed by atoms with Crippen LogP contribution in [0, 0.1) is 0 Å². The van der Waals surface area contributed by atoms with Gasteiger partial charge in [-0.15, -0.1) is 11.3 Å². The van der Waals surface area contributed by atoms with E-state index in [1.807, 2.05) is 30.3 Å². The lowest BCUT2D eigenvalue weighted by atomic mass is 10.0. The predicted molar refractivity (Wildman–Crippen MR) is 128 cm³/mol. The average molecular weight is 458 g/mol. The van der Waals surface area contributed by atoms with Gasteiger partial charge in [0.15, 0.2) is 0 Å². The van der Waals surface area contributed by atoms with Gasteiger partial charge in [-0.25, -0.2) is 4.79 Å². The SMILES string of the molecule is O=C(O)c1sc(C(=O)c2c[nH]c3c(/C=C/CO)cccc23)c(O)c1-c1c[nH]c2ccccc12. The third-order valence-electron chi connectivity index (χ3n) is 5.54. The molecule has 0 unspecified atom stereocenters. The van der Waals surface area contributed by atoms with Gasteiger partial charge in [-0.2, -0.15) is 0 Å². The van der Waals surface area contributed by atoms with Crippen molar-refractivity contribution in [1.82, 2.24) is 9.97 Å². The van der Waals surface area contributed by atoms with E-state index in [9.17, 15) is 19.8 Å². The molecule has 0 saturated carbocycles. The molecule has 0 atom stereocenters. The lowest BCUT2D eigenvalue weighted by Gasteiger charge is -2.02. The number of hydrogen-bond donors (Lipinski definition) is 5. The molecule has 3 heterocycles. The number of carbonyl (C=O) groups is 2. The molecule has 5 N–H and O–H groups in total. The number of thiophene rings is 1. The van der Waals surface area contributed by atoms with Gasteiger partial charge in [-0.3, -0.25) is 4.79 Å². The molecule has 7 nitrogen and oxygen atoms in total. The van der Waals surface area contributed by atoms with Gasteiger partial charge in [0.25, 0.3) is 0 Å². The highest BCUT2D eigenvalue weighted by Gasteiger charge is 2.30. The Balaban J connectivity index is 1.67. The Morgan fingerprint density at radius 1 is 0.970 bits per heavy atom. The highest BCUT2D eigenvalue weighted by Crippen LogP contribution is 2.45. The van der Waals surface area contributed by atoms with Gasteiger partial charge < -0.3 is 25.3 Å². The first-order valence-corrected chi connectivity index (χ1v) is 10.9. The predicted octanol–water partition coefficient (Wildman–Crippen LogP) is 5.02. The first-order chi connectivity index (χ1) is 16.0. The number of hydrogen-bond acceptors (Lipinski definition) is 5. The van der Waals surface area contributed by atoms with Crippen LogP contribution in [0.25, 0.3) is 39.0 Å². The maximum atomic E-state index is 13.5. The second kappa shape index (κ2) is 8.09. The first-order valence-electron chi connectivity index (χ1n) is 10.1. The number of aliphatic hydroxyl groups excluding tert-OH is 1. The molecule has 0 bridgehead atoms. The number of nitrogens with one attached hydrogen (secondary N) is 2. The topological polar surface area (TPSA) is 126 Å². The van der Waals surface area contributed by atoms with Crippen LogP contribution in [0.3, 0.4) is 0 Å². The summed E-state index contributed by atoms with van der Waals surface area (Å²) in [5.74, 6) is -2.04. The van der Waals surface area contributed by atoms with E-state index in [2.05, 4.69) is 9.97 Å². The number of aromatic carboxylic acids is 1. The fourth-order valence-electron chi connectivity index (χ4n) is 4.06. The molecule has 0 fully saturated rings. The standard InChI is InChI=1S/C25H18N2O5S/c28-10-4-6-13-5-3-8-15-17(12-27-20(13)15)21(29)24-22(30)19(23(33-24)25(31)32)16-11-26-18-9-2-1-7-14(16)18/h1-9,11-12,26-28,30H,10H2,(H,31,32)/b6-4+. The van der Waals surface area contributed by atoms with Crippen LogP contribution < -0.4 is 0 Å². The van der Waals surface area contributed by atoms with Gasteiger partial charge in [0.1, 0.15) is 15.5 Å². The van der Waals surface area contributed by atoms with Crippen LogP contribution in [0.5, 0.6) is 5.75 Å². The second-order valence-corrected chi connectivity index (χ2v) is 8.44. The number of carbonyl (C=O) groups excluding carboxylic acids is 1. The summed E-state index contributed by atoms with van der Waals surface area (Å²) >= 11 is 0.760. The van der Waals surface area contributed by atoms with Crippen molar-refractivity contribution < 1.29 is 24.9 Å². The van der Waals surface area contributed by atoms with Crippen LogP contribution >= 0.6 is 11.3 Å². The summed E-state index contributed by atoms with van der Waals surface area (Å²) in [6.45, 7) is -0.111. The third-order valence-corrected chi connectivity index (χ3v) is 6.70. The fourth-order valence-corrected chi connectivity index (χ4v) is 5.06. The molecule has 8 heteroatoms. The molecule has 0 radical (unpaired) electrons. The molecule has 0 aliphatic carbocycles. The Bertz CT molecular complexity index is 1570. The van der Waals surface area contributed by atoms with Gasteiger partial charge in [-0.05, 0) is 11.6 Å². The number of ketones is 1. The van der Waals surface area contributed by atoms with Crippen LogP contribution in [-0.4, -0.2) is 43.6 Å². The number of carboxylic acid groups (broad SMARTS) is 1. The van der Waals surface area contributed by atoms with Crippen molar-refractivity contribution in [3.05, 3.63) is 81.8 Å². The van der Waals surface area contributed by atoms with Crippen molar-refractivity contribution in [2.45, 2.75) is 0 Å². The van der Waals surface area contributed by atoms with Gasteiger partial charge in [0.2, 0.25) is 5.78 Å². The zero-order chi connectivity index (χ0) is 23.1. The summed E-state index contributed by atoms with van der Waals surface area (Å²) < 4.78 is 0. The molecular formula is C25H18N2O5S. The van der Waals surface area contributed by atoms with E-state index in [1.165, 1.54) is 0 Å². The van der Waals surface area contributed by atoms with E-state index in [4.69, 9.17) is 5.11 Å². The Hall–Kier alpha value is -4.14. The molecule has 164 valence electrons. The van der Waals surface area contributed by atoms with E-state index in [0.717, 1.165) is 27.8 Å². The molecular weight excluding hydrogens is 440 g/mol. The van der Waals surface area contributed by atoms with E-state index in [1.54, 1.807) is 36.7 Å². The molecule has 33 heavy (non-hydrogen) atoms. The minimum Gasteiger partial charge on any atom is -0.506 e. The van der Waals surface area contributed by atoms with Crippen molar-refractivity contribution in [2.75, 3.05) is 6.61 Å². The molecule has 5 rings (SSSR count). The summed E-state index contributed by atoms with van der Waals surface area (Å²) in [6, 6.07) is 12.8. The second-order valence-electron chi connectivity index (χ2n) is 7.42. The molecule has 5 aromatic rings. The number of aromatic amines is 2. The summed E-state index contributed by atoms with van der Waals surface area (Å²) in [6.07, 6.45) is 6.52. The maximum absolute atomic E-state index is 13.5. The lowest BCUT2D eigenvalue weighted by molar-refractivity contribution is 0.0702. The largest absolute Gasteiger partial charge is 0.506 e. The number of aromatic nitrogens is 2. The van der Waals surface area contributed by atoms with Gasteiger partial charge >= 0.3 is 5.97 Å². The van der Waals surface area contributed by atoms with Gasteiger partial charge in [0, 0.05) is 39.8 Å². The quantitative estimate of drug-likeness (QED) is 0.228. The van der Waals surface area contributed by atoms with Crippen LogP contribution in [0.2, 0.25) is 0 Å². The van der Waals surface area contributed by atoms with Crippen LogP contribution in [-0.2, 0) is 0 Å². The minimum atomic E-state index is -1.22. The Morgan fingerprint density at radius 3 is 2.55 bits per heavy atom. The highest BCUT2D eigenvalue weighted by atomic mass is 32.1. The zero-order valence-corrected chi connectivity index (χ0v) is 17.9. The normalized spacial score (nSPS) is 11.7. The Kier molecular flexibility index (Phi) is 5.08. The number of benzene rings is 2. The molecule has 3 aromatic heterocycles. The number of rotatable bonds is 6. The van der Waals surface area contributed by atoms with Crippen LogP contribution in [0.15, 0.2) is 60.9 Å². The molecule has 2 aromatic carbocycles. The lowest BCUT2D eigenvalue weighted by Crippen LogP contribution is -1.98. The summed E-state index contributed by atoms with van der Waals surface area (Å²) in [5.41, 5.74) is 3.26. The third kappa shape index (κ3) is 3.32. The van der Waals surface area contributed by atoms with Crippen molar-refractivity contribution in [3.8, 4) is 16.9 Å². The summed E-state index contributed by atoms with van der Waals surface area (Å²) in [4.78, 5) is 31.5. The summed E-state index contributed by atoms with van der Waals surface area (Å²) in [7, 11) is 0. The van der Waals surface area contributed by atoms with E-state index in [0.29, 0.717) is 22.0 Å². The monoisotopic (exact) mass is 458 g/mol. The number of carboxylic acids is 1. The van der Waals surface area contributed by atoms with Gasteiger partial charge in [-0.1, -0.05) is 48.6 Å². The van der Waals surface area contributed by atoms with E-state index >= 15 is 0 Å². The molecule has 0 aliphatic rings. The molecule has 0 amide bonds. The number of fused-ring (bicyclic) bond motifs is 2. The molecule has 0 aliphatic heterocycles. The highest BCUT2D eigenvalue weighted by molar-refractivity contribution is 7.17. The first kappa shape index (κ1) is 20.7. The van der Waals surface area contributed by atoms with Crippen molar-refractivity contribution >= 4 is 51.0 Å².